The maximum atomic E-state index is 13.5. The summed E-state index contributed by atoms with van der Waals surface area (Å²) in [5.74, 6) is 0. The molecule has 0 bridgehead atoms. The third-order valence-electron chi connectivity index (χ3n) is 6.74. The molecule has 4 aromatic rings. The van der Waals surface area contributed by atoms with E-state index in [0.29, 0.717) is 25.3 Å². The SMILES string of the molecule is Cc1ccccc1[C@H](NS(=O)(=O)C1CC1)c1cc2cccc(-c3cc([C@@](C)(O)C(F)(F)F)ccn3)c2s1. The highest BCUT2D eigenvalue weighted by Gasteiger charge is 2.51. The molecule has 0 unspecified atom stereocenters. The molecular weight excluding hydrogens is 521 g/mol. The molecule has 0 spiro atoms. The Morgan fingerprint density at radius 3 is 2.49 bits per heavy atom. The normalized spacial score (nSPS) is 17.0. The molecule has 2 atom stereocenters. The van der Waals surface area contributed by atoms with Crippen molar-refractivity contribution in [1.82, 2.24) is 9.71 Å². The Balaban J connectivity index is 1.62. The zero-order valence-corrected chi connectivity index (χ0v) is 21.7. The fraction of sp³-hybridized carbons (Fsp3) is 0.296. The number of rotatable bonds is 7. The number of nitrogens with zero attached hydrogens (tertiary/aromatic N) is 1. The molecule has 1 aliphatic rings. The van der Waals surface area contributed by atoms with Crippen LogP contribution in [0.2, 0.25) is 0 Å². The Morgan fingerprint density at radius 2 is 1.81 bits per heavy atom. The predicted octanol–water partition coefficient (Wildman–Crippen LogP) is 6.21. The summed E-state index contributed by atoms with van der Waals surface area (Å²) in [7, 11) is -3.53. The number of hydrogen-bond donors (Lipinski definition) is 2. The van der Waals surface area contributed by atoms with E-state index in [0.717, 1.165) is 32.2 Å². The average Bonchev–Trinajstić information content (AvgIpc) is 3.62. The van der Waals surface area contributed by atoms with E-state index in [-0.39, 0.29) is 11.3 Å². The van der Waals surface area contributed by atoms with Gasteiger partial charge in [-0.3, -0.25) is 4.98 Å². The maximum Gasteiger partial charge on any atom is 0.421 e. The van der Waals surface area contributed by atoms with E-state index in [2.05, 4.69) is 9.71 Å². The molecule has 2 aromatic carbocycles. The third-order valence-corrected chi connectivity index (χ3v) is 9.90. The molecule has 0 aliphatic heterocycles. The largest absolute Gasteiger partial charge is 0.421 e. The second kappa shape index (κ2) is 9.20. The van der Waals surface area contributed by atoms with Crippen LogP contribution in [0.25, 0.3) is 21.3 Å². The molecule has 2 aromatic heterocycles. The van der Waals surface area contributed by atoms with E-state index in [9.17, 15) is 26.7 Å². The topological polar surface area (TPSA) is 79.3 Å². The van der Waals surface area contributed by atoms with E-state index in [4.69, 9.17) is 0 Å². The van der Waals surface area contributed by atoms with Crippen LogP contribution in [0.4, 0.5) is 13.2 Å². The number of sulfonamides is 1. The van der Waals surface area contributed by atoms with Gasteiger partial charge in [0.1, 0.15) is 0 Å². The Morgan fingerprint density at radius 1 is 1.08 bits per heavy atom. The Hall–Kier alpha value is -2.79. The second-order valence-electron chi connectivity index (χ2n) is 9.52. The zero-order valence-electron chi connectivity index (χ0n) is 20.1. The van der Waals surface area contributed by atoms with Crippen molar-refractivity contribution in [3.8, 4) is 11.3 Å². The van der Waals surface area contributed by atoms with Gasteiger partial charge in [0.15, 0.2) is 5.60 Å². The summed E-state index contributed by atoms with van der Waals surface area (Å²) in [6, 6.07) is 16.7. The lowest BCUT2D eigenvalue weighted by Gasteiger charge is -2.26. The van der Waals surface area contributed by atoms with E-state index in [1.54, 1.807) is 12.1 Å². The summed E-state index contributed by atoms with van der Waals surface area (Å²) in [6.07, 6.45) is -2.34. The Kier molecular flexibility index (Phi) is 6.42. The Bertz CT molecular complexity index is 1580. The first-order valence-electron chi connectivity index (χ1n) is 11.7. The van der Waals surface area contributed by atoms with E-state index in [1.165, 1.54) is 23.6 Å². The van der Waals surface area contributed by atoms with Gasteiger partial charge in [-0.05, 0) is 67.0 Å². The summed E-state index contributed by atoms with van der Waals surface area (Å²) in [4.78, 5) is 5.05. The summed E-state index contributed by atoms with van der Waals surface area (Å²) in [6.45, 7) is 2.64. The number of alkyl halides is 3. The molecule has 10 heteroatoms. The number of thiophene rings is 1. The fourth-order valence-electron chi connectivity index (χ4n) is 4.30. The third kappa shape index (κ3) is 4.90. The van der Waals surface area contributed by atoms with Gasteiger partial charge in [0.25, 0.3) is 0 Å². The van der Waals surface area contributed by atoms with Crippen molar-refractivity contribution in [3.05, 3.63) is 88.4 Å². The van der Waals surface area contributed by atoms with Crippen LogP contribution < -0.4 is 4.72 Å². The number of benzene rings is 2. The van der Waals surface area contributed by atoms with Crippen LogP contribution in [0.1, 0.15) is 47.4 Å². The minimum Gasteiger partial charge on any atom is -0.376 e. The molecule has 0 saturated heterocycles. The molecule has 0 amide bonds. The van der Waals surface area contributed by atoms with E-state index >= 15 is 0 Å². The number of aliphatic hydroxyl groups is 1. The van der Waals surface area contributed by atoms with Crippen molar-refractivity contribution in [2.45, 2.75) is 49.8 Å². The molecule has 2 heterocycles. The van der Waals surface area contributed by atoms with Crippen molar-refractivity contribution in [1.29, 1.82) is 0 Å². The van der Waals surface area contributed by atoms with Crippen molar-refractivity contribution >= 4 is 31.4 Å². The summed E-state index contributed by atoms with van der Waals surface area (Å²) in [5, 5.41) is 10.6. The average molecular weight is 547 g/mol. The van der Waals surface area contributed by atoms with Gasteiger partial charge in [-0.25, -0.2) is 13.1 Å². The van der Waals surface area contributed by atoms with Gasteiger partial charge in [-0.1, -0.05) is 42.5 Å². The molecule has 1 fully saturated rings. The zero-order chi connectivity index (χ0) is 26.6. The summed E-state index contributed by atoms with van der Waals surface area (Å²) >= 11 is 1.37. The molecule has 2 N–H and O–H groups in total. The van der Waals surface area contributed by atoms with Crippen LogP contribution in [0.15, 0.2) is 66.9 Å². The van der Waals surface area contributed by atoms with Gasteiger partial charge in [0.2, 0.25) is 10.0 Å². The number of aromatic nitrogens is 1. The minimum atomic E-state index is -4.85. The van der Waals surface area contributed by atoms with Crippen LogP contribution in [0, 0.1) is 6.92 Å². The molecule has 194 valence electrons. The highest BCUT2D eigenvalue weighted by atomic mass is 32.2. The van der Waals surface area contributed by atoms with Crippen molar-refractivity contribution in [2.75, 3.05) is 0 Å². The molecule has 1 saturated carbocycles. The number of aryl methyl sites for hydroxylation is 1. The van der Waals surface area contributed by atoms with Gasteiger partial charge < -0.3 is 5.11 Å². The summed E-state index contributed by atoms with van der Waals surface area (Å²) < 4.78 is 69.9. The second-order valence-corrected chi connectivity index (χ2v) is 12.6. The molecule has 1 aliphatic carbocycles. The quantitative estimate of drug-likeness (QED) is 0.289. The first-order chi connectivity index (χ1) is 17.4. The van der Waals surface area contributed by atoms with Crippen LogP contribution >= 0.6 is 11.3 Å². The van der Waals surface area contributed by atoms with Gasteiger partial charge in [-0.2, -0.15) is 13.2 Å². The minimum absolute atomic E-state index is 0.284. The monoisotopic (exact) mass is 546 g/mol. The van der Waals surface area contributed by atoms with Gasteiger partial charge >= 0.3 is 6.18 Å². The van der Waals surface area contributed by atoms with Crippen LogP contribution in [0.3, 0.4) is 0 Å². The maximum absolute atomic E-state index is 13.5. The van der Waals surface area contributed by atoms with Crippen LogP contribution in [0.5, 0.6) is 0 Å². The highest BCUT2D eigenvalue weighted by Crippen LogP contribution is 2.42. The Labute approximate surface area is 217 Å². The van der Waals surface area contributed by atoms with E-state index < -0.39 is 33.1 Å². The molecular formula is C27H25F3N2O3S2. The van der Waals surface area contributed by atoms with E-state index in [1.807, 2.05) is 43.3 Å². The first kappa shape index (κ1) is 25.8. The number of fused-ring (bicyclic) bond motifs is 1. The number of pyridine rings is 1. The summed E-state index contributed by atoms with van der Waals surface area (Å²) in [5.41, 5.74) is -0.687. The van der Waals surface area contributed by atoms with Crippen molar-refractivity contribution in [3.63, 3.8) is 0 Å². The van der Waals surface area contributed by atoms with Gasteiger partial charge in [-0.15, -0.1) is 11.3 Å². The lowest BCUT2D eigenvalue weighted by Crippen LogP contribution is -2.39. The van der Waals surface area contributed by atoms with Gasteiger partial charge in [0, 0.05) is 21.3 Å². The lowest BCUT2D eigenvalue weighted by molar-refractivity contribution is -0.258. The predicted molar refractivity (Wildman–Crippen MR) is 139 cm³/mol. The van der Waals surface area contributed by atoms with Crippen LogP contribution in [-0.2, 0) is 15.6 Å². The number of hydrogen-bond acceptors (Lipinski definition) is 5. The fourth-order valence-corrected chi connectivity index (χ4v) is 7.15. The smallest absolute Gasteiger partial charge is 0.376 e. The molecule has 5 rings (SSSR count). The lowest BCUT2D eigenvalue weighted by atomic mass is 9.94. The molecule has 37 heavy (non-hydrogen) atoms. The highest BCUT2D eigenvalue weighted by molar-refractivity contribution is 7.90. The standard InChI is InChI=1S/C27H25F3N2O3S2/c1-16-6-3-4-8-20(16)24(32-37(34,35)19-10-11-19)23-14-17-7-5-9-21(25(17)36-23)22-15-18(12-13-31-22)26(2,33)27(28,29)30/h3-9,12-15,19,24,32-33H,10-11H2,1-2H3/t24-,26+/m0/s1. The number of halogens is 3. The van der Waals surface area contributed by atoms with Gasteiger partial charge in [0.05, 0.1) is 17.0 Å². The first-order valence-corrected chi connectivity index (χ1v) is 14.1. The number of nitrogens with one attached hydrogen (secondary N) is 1. The van der Waals surface area contributed by atoms with Crippen LogP contribution in [-0.4, -0.2) is 29.9 Å². The van der Waals surface area contributed by atoms with Crippen molar-refractivity contribution in [2.24, 2.45) is 0 Å². The molecule has 0 radical (unpaired) electrons. The molecule has 5 nitrogen and oxygen atoms in total. The van der Waals surface area contributed by atoms with Crippen molar-refractivity contribution < 1.29 is 26.7 Å².